The van der Waals surface area contributed by atoms with E-state index in [0.29, 0.717) is 12.2 Å². The average molecular weight is 376 g/mol. The Morgan fingerprint density at radius 3 is 2.64 bits per heavy atom. The summed E-state index contributed by atoms with van der Waals surface area (Å²) < 4.78 is 1.72. The van der Waals surface area contributed by atoms with Crippen LogP contribution >= 0.6 is 0 Å². The predicted molar refractivity (Wildman–Crippen MR) is 104 cm³/mol. The molecular formula is C19H16N6O3. The molecule has 1 amide bonds. The molecule has 0 spiro atoms. The van der Waals surface area contributed by atoms with Crippen LogP contribution in [0.5, 0.6) is 0 Å². The summed E-state index contributed by atoms with van der Waals surface area (Å²) in [6, 6.07) is 15.2. The van der Waals surface area contributed by atoms with Crippen LogP contribution in [-0.4, -0.2) is 32.0 Å². The number of nitro groups is 1. The van der Waals surface area contributed by atoms with Crippen molar-refractivity contribution in [2.75, 3.05) is 0 Å². The molecule has 0 bridgehead atoms. The number of rotatable bonds is 7. The molecule has 0 fully saturated rings. The molecule has 28 heavy (non-hydrogen) atoms. The summed E-state index contributed by atoms with van der Waals surface area (Å²) in [5.41, 5.74) is 4.31. The Kier molecular flexibility index (Phi) is 5.99. The van der Waals surface area contributed by atoms with Crippen molar-refractivity contribution in [1.82, 2.24) is 20.4 Å². The van der Waals surface area contributed by atoms with Gasteiger partial charge in [-0.3, -0.25) is 14.9 Å². The summed E-state index contributed by atoms with van der Waals surface area (Å²) in [6.07, 6.45) is 6.52. The Bertz CT molecular complexity index is 1010. The van der Waals surface area contributed by atoms with Gasteiger partial charge in [-0.15, -0.1) is 5.10 Å². The summed E-state index contributed by atoms with van der Waals surface area (Å²) in [5, 5.41) is 22.5. The lowest BCUT2D eigenvalue weighted by atomic mass is 10.2. The van der Waals surface area contributed by atoms with E-state index in [1.165, 1.54) is 30.5 Å². The Morgan fingerprint density at radius 2 is 1.93 bits per heavy atom. The van der Waals surface area contributed by atoms with Crippen molar-refractivity contribution >= 4 is 23.9 Å². The zero-order chi connectivity index (χ0) is 19.8. The number of amides is 1. The minimum Gasteiger partial charge on any atom is -0.267 e. The van der Waals surface area contributed by atoms with Crippen molar-refractivity contribution in [3.8, 4) is 0 Å². The number of nitrogens with one attached hydrogen (secondary N) is 1. The van der Waals surface area contributed by atoms with Gasteiger partial charge in [0.05, 0.1) is 17.7 Å². The van der Waals surface area contributed by atoms with Gasteiger partial charge in [-0.1, -0.05) is 35.5 Å². The summed E-state index contributed by atoms with van der Waals surface area (Å²) >= 11 is 0. The molecule has 0 saturated carbocycles. The van der Waals surface area contributed by atoms with Crippen molar-refractivity contribution in [1.29, 1.82) is 0 Å². The summed E-state index contributed by atoms with van der Waals surface area (Å²) in [4.78, 5) is 22.0. The number of nitro benzene ring substituents is 1. The number of hydrogen-bond donors (Lipinski definition) is 1. The van der Waals surface area contributed by atoms with Gasteiger partial charge < -0.3 is 0 Å². The maximum Gasteiger partial charge on any atom is 0.271 e. The van der Waals surface area contributed by atoms with Crippen molar-refractivity contribution in [2.24, 2.45) is 5.10 Å². The van der Waals surface area contributed by atoms with Crippen LogP contribution in [0.4, 0.5) is 5.69 Å². The number of carbonyl (C=O) groups excluding carboxylic acids is 1. The van der Waals surface area contributed by atoms with Crippen LogP contribution in [-0.2, 0) is 6.54 Å². The van der Waals surface area contributed by atoms with Crippen LogP contribution in [0.1, 0.15) is 21.6 Å². The standard InChI is InChI=1S/C19H16N6O3/c26-19(16-8-10-18(11-9-16)25(27)28)22-20-12-4-7-17-14-24(23-21-17)13-15-5-2-1-3-6-15/h1-12,14H,13H2,(H,22,26)/b7-4+,20-12-. The van der Waals surface area contributed by atoms with Crippen molar-refractivity contribution in [2.45, 2.75) is 6.54 Å². The van der Waals surface area contributed by atoms with E-state index in [-0.39, 0.29) is 11.3 Å². The molecule has 1 N–H and O–H groups in total. The fraction of sp³-hybridized carbons (Fsp3) is 0.0526. The maximum absolute atomic E-state index is 11.9. The third kappa shape index (κ3) is 5.18. The van der Waals surface area contributed by atoms with Crippen molar-refractivity contribution < 1.29 is 9.72 Å². The highest BCUT2D eigenvalue weighted by atomic mass is 16.6. The summed E-state index contributed by atoms with van der Waals surface area (Å²) in [5.74, 6) is -0.464. The van der Waals surface area contributed by atoms with Crippen molar-refractivity contribution in [3.63, 3.8) is 0 Å². The van der Waals surface area contributed by atoms with E-state index in [2.05, 4.69) is 20.8 Å². The number of carbonyl (C=O) groups is 1. The van der Waals surface area contributed by atoms with Crippen LogP contribution in [0.3, 0.4) is 0 Å². The molecule has 3 rings (SSSR count). The van der Waals surface area contributed by atoms with Crippen LogP contribution in [0, 0.1) is 10.1 Å². The molecule has 1 heterocycles. The van der Waals surface area contributed by atoms with E-state index < -0.39 is 10.8 Å². The number of non-ortho nitro benzene ring substituents is 1. The molecule has 9 nitrogen and oxygen atoms in total. The smallest absolute Gasteiger partial charge is 0.267 e. The first-order chi connectivity index (χ1) is 13.6. The molecule has 0 saturated heterocycles. The van der Waals surface area contributed by atoms with E-state index in [4.69, 9.17) is 0 Å². The van der Waals surface area contributed by atoms with Gasteiger partial charge in [0.15, 0.2) is 0 Å². The zero-order valence-corrected chi connectivity index (χ0v) is 14.7. The van der Waals surface area contributed by atoms with Crippen molar-refractivity contribution in [3.05, 3.63) is 93.8 Å². The molecule has 0 atom stereocenters. The zero-order valence-electron chi connectivity index (χ0n) is 14.7. The molecule has 0 aliphatic carbocycles. The van der Waals surface area contributed by atoms with E-state index >= 15 is 0 Å². The lowest BCUT2D eigenvalue weighted by molar-refractivity contribution is -0.384. The Hall–Kier alpha value is -4.14. The Labute approximate surface area is 160 Å². The van der Waals surface area contributed by atoms with Gasteiger partial charge in [0.2, 0.25) is 0 Å². The molecule has 3 aromatic rings. The topological polar surface area (TPSA) is 115 Å². The van der Waals surface area contributed by atoms with Gasteiger partial charge >= 0.3 is 0 Å². The lowest BCUT2D eigenvalue weighted by Crippen LogP contribution is -2.17. The normalized spacial score (nSPS) is 11.1. The quantitative estimate of drug-likeness (QED) is 0.387. The number of nitrogens with zero attached hydrogens (tertiary/aromatic N) is 5. The second-order valence-corrected chi connectivity index (χ2v) is 5.71. The molecular weight excluding hydrogens is 360 g/mol. The maximum atomic E-state index is 11.9. The van der Waals surface area contributed by atoms with E-state index in [1.54, 1.807) is 23.0 Å². The first-order valence-electron chi connectivity index (χ1n) is 8.30. The lowest BCUT2D eigenvalue weighted by Gasteiger charge is -1.99. The fourth-order valence-corrected chi connectivity index (χ4v) is 2.32. The number of aromatic nitrogens is 3. The monoisotopic (exact) mass is 376 g/mol. The third-order valence-corrected chi connectivity index (χ3v) is 3.68. The Morgan fingerprint density at radius 1 is 1.18 bits per heavy atom. The molecule has 0 aliphatic heterocycles. The Balaban J connectivity index is 1.49. The third-order valence-electron chi connectivity index (χ3n) is 3.68. The second-order valence-electron chi connectivity index (χ2n) is 5.71. The van der Waals surface area contributed by atoms with E-state index in [0.717, 1.165) is 5.56 Å². The van der Waals surface area contributed by atoms with Gasteiger partial charge in [-0.2, -0.15) is 5.10 Å². The van der Waals surface area contributed by atoms with Gasteiger partial charge in [-0.25, -0.2) is 10.1 Å². The largest absolute Gasteiger partial charge is 0.271 e. The first kappa shape index (κ1) is 18.6. The van der Waals surface area contributed by atoms with Crippen LogP contribution in [0.25, 0.3) is 6.08 Å². The van der Waals surface area contributed by atoms with Gasteiger partial charge in [0, 0.05) is 23.9 Å². The number of allylic oxidation sites excluding steroid dienone is 1. The average Bonchev–Trinajstić information content (AvgIpc) is 3.15. The molecule has 0 radical (unpaired) electrons. The molecule has 140 valence electrons. The first-order valence-corrected chi connectivity index (χ1v) is 8.30. The highest BCUT2D eigenvalue weighted by Crippen LogP contribution is 2.11. The highest BCUT2D eigenvalue weighted by Gasteiger charge is 2.08. The van der Waals surface area contributed by atoms with E-state index in [9.17, 15) is 14.9 Å². The molecule has 1 aromatic heterocycles. The molecule has 2 aromatic carbocycles. The van der Waals surface area contributed by atoms with Crippen LogP contribution in [0.2, 0.25) is 0 Å². The number of hydrogen-bond acceptors (Lipinski definition) is 6. The van der Waals surface area contributed by atoms with Gasteiger partial charge in [0.1, 0.15) is 5.69 Å². The highest BCUT2D eigenvalue weighted by molar-refractivity contribution is 5.94. The second kappa shape index (κ2) is 8.99. The van der Waals surface area contributed by atoms with Crippen LogP contribution < -0.4 is 5.43 Å². The van der Waals surface area contributed by atoms with Crippen LogP contribution in [0.15, 0.2) is 72.0 Å². The predicted octanol–water partition coefficient (Wildman–Crippen LogP) is 2.66. The number of hydrazone groups is 1. The van der Waals surface area contributed by atoms with Gasteiger partial charge in [0.25, 0.3) is 11.6 Å². The number of benzene rings is 2. The van der Waals surface area contributed by atoms with E-state index in [1.807, 2.05) is 30.3 Å². The molecule has 0 aliphatic rings. The fourth-order valence-electron chi connectivity index (χ4n) is 2.32. The minimum atomic E-state index is -0.527. The summed E-state index contributed by atoms with van der Waals surface area (Å²) in [7, 11) is 0. The van der Waals surface area contributed by atoms with Gasteiger partial charge in [-0.05, 0) is 29.8 Å². The minimum absolute atomic E-state index is 0.0803. The summed E-state index contributed by atoms with van der Waals surface area (Å²) in [6.45, 7) is 0.626. The molecule has 0 unspecified atom stereocenters. The SMILES string of the molecule is O=C(N/N=C\C=C\c1cn(Cc2ccccc2)nn1)c1ccc([N+](=O)[O-])cc1. The molecule has 9 heteroatoms.